The van der Waals surface area contributed by atoms with Gasteiger partial charge in [0.1, 0.15) is 0 Å². The predicted octanol–water partition coefficient (Wildman–Crippen LogP) is 5.67. The van der Waals surface area contributed by atoms with Crippen LogP contribution >= 0.6 is 0 Å². The van der Waals surface area contributed by atoms with Gasteiger partial charge < -0.3 is 0 Å². The first-order valence-electron chi connectivity index (χ1n) is 6.96. The monoisotopic (exact) mass is 212 g/mol. The lowest BCUT2D eigenvalue weighted by atomic mass is 9.78. The summed E-state index contributed by atoms with van der Waals surface area (Å²) in [5.74, 6) is 1.88. The molecule has 0 N–H and O–H groups in total. The van der Waals surface area contributed by atoms with Crippen molar-refractivity contribution in [3.63, 3.8) is 0 Å². The molecule has 0 heteroatoms. The Balaban J connectivity index is 3.99. The van der Waals surface area contributed by atoms with E-state index in [1.54, 1.807) is 0 Å². The second kappa shape index (κ2) is 7.30. The Kier molecular flexibility index (Phi) is 7.30. The van der Waals surface area contributed by atoms with Crippen LogP contribution in [0.5, 0.6) is 0 Å². The molecule has 0 aromatic carbocycles. The fourth-order valence-corrected chi connectivity index (χ4v) is 2.33. The van der Waals surface area contributed by atoms with Crippen molar-refractivity contribution in [1.29, 1.82) is 0 Å². The maximum absolute atomic E-state index is 2.44. The molecule has 0 amide bonds. The van der Waals surface area contributed by atoms with Gasteiger partial charge in [0.05, 0.1) is 0 Å². The van der Waals surface area contributed by atoms with Crippen LogP contribution in [-0.2, 0) is 0 Å². The van der Waals surface area contributed by atoms with Crippen LogP contribution in [0, 0.1) is 17.3 Å². The largest absolute Gasteiger partial charge is 0.0654 e. The van der Waals surface area contributed by atoms with E-state index in [9.17, 15) is 0 Å². The minimum Gasteiger partial charge on any atom is -0.0654 e. The molecular weight excluding hydrogens is 180 g/mol. The van der Waals surface area contributed by atoms with Gasteiger partial charge in [-0.15, -0.1) is 0 Å². The molecule has 0 aliphatic heterocycles. The van der Waals surface area contributed by atoms with Gasteiger partial charge in [0, 0.05) is 0 Å². The highest BCUT2D eigenvalue weighted by Gasteiger charge is 2.20. The maximum atomic E-state index is 2.44. The summed E-state index contributed by atoms with van der Waals surface area (Å²) in [6.07, 6.45) is 8.25. The first kappa shape index (κ1) is 15.0. The second-order valence-corrected chi connectivity index (χ2v) is 5.99. The third kappa shape index (κ3) is 6.22. The van der Waals surface area contributed by atoms with E-state index in [1.165, 1.54) is 38.5 Å². The molecule has 2 atom stereocenters. The van der Waals surface area contributed by atoms with Crippen LogP contribution in [-0.4, -0.2) is 0 Å². The van der Waals surface area contributed by atoms with Crippen LogP contribution in [0.15, 0.2) is 0 Å². The third-order valence-electron chi connectivity index (χ3n) is 4.22. The Morgan fingerprint density at radius 2 is 1.60 bits per heavy atom. The number of hydrogen-bond acceptors (Lipinski definition) is 0. The summed E-state index contributed by atoms with van der Waals surface area (Å²) < 4.78 is 0. The summed E-state index contributed by atoms with van der Waals surface area (Å²) in [4.78, 5) is 0. The molecular formula is C15H32. The minimum absolute atomic E-state index is 0.555. The molecule has 0 aromatic rings. The summed E-state index contributed by atoms with van der Waals surface area (Å²) in [5.41, 5.74) is 0.555. The molecule has 0 rings (SSSR count). The van der Waals surface area contributed by atoms with Gasteiger partial charge in [-0.05, 0) is 30.1 Å². The lowest BCUT2D eigenvalue weighted by molar-refractivity contribution is 0.235. The normalized spacial score (nSPS) is 16.4. The fraction of sp³-hybridized carbons (Fsp3) is 1.00. The predicted molar refractivity (Wildman–Crippen MR) is 71.2 cm³/mol. The average molecular weight is 212 g/mol. The molecule has 0 heterocycles. The van der Waals surface area contributed by atoms with Crippen molar-refractivity contribution in [1.82, 2.24) is 0 Å². The number of hydrogen-bond donors (Lipinski definition) is 0. The first-order chi connectivity index (χ1) is 6.96. The van der Waals surface area contributed by atoms with Crippen LogP contribution in [0.1, 0.15) is 80.1 Å². The van der Waals surface area contributed by atoms with Crippen LogP contribution < -0.4 is 0 Å². The van der Waals surface area contributed by atoms with E-state index in [0.29, 0.717) is 5.41 Å². The Morgan fingerprint density at radius 1 is 1.00 bits per heavy atom. The van der Waals surface area contributed by atoms with Crippen molar-refractivity contribution in [2.24, 2.45) is 17.3 Å². The average Bonchev–Trinajstić information content (AvgIpc) is 2.19. The van der Waals surface area contributed by atoms with Crippen LogP contribution in [0.2, 0.25) is 0 Å². The molecule has 0 fully saturated rings. The van der Waals surface area contributed by atoms with Gasteiger partial charge in [0.15, 0.2) is 0 Å². The van der Waals surface area contributed by atoms with Crippen molar-refractivity contribution in [3.8, 4) is 0 Å². The molecule has 0 nitrogen and oxygen atoms in total. The van der Waals surface area contributed by atoms with Gasteiger partial charge in [-0.25, -0.2) is 0 Å². The van der Waals surface area contributed by atoms with E-state index < -0.39 is 0 Å². The summed E-state index contributed by atoms with van der Waals surface area (Å²) >= 11 is 0. The molecule has 0 bridgehead atoms. The highest BCUT2D eigenvalue weighted by molar-refractivity contribution is 4.72. The quantitative estimate of drug-likeness (QED) is 0.486. The summed E-state index contributed by atoms with van der Waals surface area (Å²) in [6, 6.07) is 0. The third-order valence-corrected chi connectivity index (χ3v) is 4.22. The van der Waals surface area contributed by atoms with Gasteiger partial charge in [0.2, 0.25) is 0 Å². The van der Waals surface area contributed by atoms with Crippen molar-refractivity contribution in [2.75, 3.05) is 0 Å². The molecule has 2 unspecified atom stereocenters. The van der Waals surface area contributed by atoms with E-state index in [-0.39, 0.29) is 0 Å². The van der Waals surface area contributed by atoms with Gasteiger partial charge in [-0.3, -0.25) is 0 Å². The number of rotatable bonds is 8. The smallest absolute Gasteiger partial charge is 0.0357 e. The van der Waals surface area contributed by atoms with E-state index in [1.807, 2.05) is 0 Å². The Bertz CT molecular complexity index is 146. The standard InChI is InChI=1S/C15H32/c1-7-10-13(4)14(8-2)11-12-15(5,6)9-3/h13-14H,7-12H2,1-6H3. The molecule has 15 heavy (non-hydrogen) atoms. The van der Waals surface area contributed by atoms with Gasteiger partial charge >= 0.3 is 0 Å². The van der Waals surface area contributed by atoms with Crippen molar-refractivity contribution in [3.05, 3.63) is 0 Å². The molecule has 0 aromatic heterocycles. The van der Waals surface area contributed by atoms with E-state index in [4.69, 9.17) is 0 Å². The van der Waals surface area contributed by atoms with Crippen LogP contribution in [0.25, 0.3) is 0 Å². The van der Waals surface area contributed by atoms with E-state index >= 15 is 0 Å². The Morgan fingerprint density at radius 3 is 2.00 bits per heavy atom. The molecule has 0 radical (unpaired) electrons. The van der Waals surface area contributed by atoms with Crippen molar-refractivity contribution >= 4 is 0 Å². The van der Waals surface area contributed by atoms with Gasteiger partial charge in [0.25, 0.3) is 0 Å². The zero-order chi connectivity index (χ0) is 11.9. The summed E-state index contributed by atoms with van der Waals surface area (Å²) in [7, 11) is 0. The Labute approximate surface area is 97.8 Å². The minimum atomic E-state index is 0.555. The highest BCUT2D eigenvalue weighted by atomic mass is 14.3. The molecule has 0 aliphatic rings. The molecule has 0 saturated carbocycles. The summed E-state index contributed by atoms with van der Waals surface area (Å²) in [6.45, 7) is 14.2. The van der Waals surface area contributed by atoms with Crippen LogP contribution in [0.4, 0.5) is 0 Å². The first-order valence-corrected chi connectivity index (χ1v) is 6.96. The molecule has 92 valence electrons. The summed E-state index contributed by atoms with van der Waals surface area (Å²) in [5, 5.41) is 0. The molecule has 0 saturated heterocycles. The Hall–Kier alpha value is 0. The zero-order valence-electron chi connectivity index (χ0n) is 11.9. The SMILES string of the molecule is CCCC(C)C(CC)CCC(C)(C)CC. The van der Waals surface area contributed by atoms with Gasteiger partial charge in [-0.2, -0.15) is 0 Å². The van der Waals surface area contributed by atoms with Gasteiger partial charge in [-0.1, -0.05) is 67.2 Å². The zero-order valence-corrected chi connectivity index (χ0v) is 11.9. The fourth-order valence-electron chi connectivity index (χ4n) is 2.33. The van der Waals surface area contributed by atoms with Crippen molar-refractivity contribution in [2.45, 2.75) is 80.1 Å². The highest BCUT2D eigenvalue weighted by Crippen LogP contribution is 2.32. The molecule has 0 spiro atoms. The molecule has 0 aliphatic carbocycles. The lowest BCUT2D eigenvalue weighted by Gasteiger charge is -2.28. The van der Waals surface area contributed by atoms with Crippen molar-refractivity contribution < 1.29 is 0 Å². The maximum Gasteiger partial charge on any atom is -0.0357 e. The van der Waals surface area contributed by atoms with E-state index in [2.05, 4.69) is 41.5 Å². The van der Waals surface area contributed by atoms with Crippen LogP contribution in [0.3, 0.4) is 0 Å². The van der Waals surface area contributed by atoms with E-state index in [0.717, 1.165) is 11.8 Å². The topological polar surface area (TPSA) is 0 Å². The second-order valence-electron chi connectivity index (χ2n) is 5.99. The lowest BCUT2D eigenvalue weighted by Crippen LogP contribution is -2.16.